The summed E-state index contributed by atoms with van der Waals surface area (Å²) in [6.07, 6.45) is 0.909. The number of amides is 2. The number of carbonyl (C=O) groups excluding carboxylic acids is 2. The second-order valence-electron chi connectivity index (χ2n) is 6.58. The van der Waals surface area contributed by atoms with Crippen LogP contribution in [0.25, 0.3) is 0 Å². The van der Waals surface area contributed by atoms with E-state index in [0.29, 0.717) is 22.2 Å². The average Bonchev–Trinajstić information content (AvgIpc) is 2.89. The van der Waals surface area contributed by atoms with Crippen molar-refractivity contribution in [1.29, 1.82) is 5.26 Å². The van der Waals surface area contributed by atoms with Gasteiger partial charge in [0.05, 0.1) is 16.5 Å². The Morgan fingerprint density at radius 2 is 1.96 bits per heavy atom. The minimum atomic E-state index is -0.559. The second kappa shape index (κ2) is 7.71. The van der Waals surface area contributed by atoms with Crippen LogP contribution in [0, 0.1) is 17.2 Å². The van der Waals surface area contributed by atoms with E-state index in [0.717, 1.165) is 12.1 Å². The van der Waals surface area contributed by atoms with Gasteiger partial charge in [-0.25, -0.2) is 9.88 Å². The van der Waals surface area contributed by atoms with Gasteiger partial charge in [-0.2, -0.15) is 5.26 Å². The fourth-order valence-corrected chi connectivity index (χ4v) is 3.98. The summed E-state index contributed by atoms with van der Waals surface area (Å²) in [5.74, 6) is -0.0433. The molecule has 0 spiro atoms. The number of thioether (sulfide) groups is 1. The third-order valence-corrected chi connectivity index (χ3v) is 5.22. The first kappa shape index (κ1) is 18.2. The molecule has 6 heteroatoms. The molecule has 5 nitrogen and oxygen atoms in total. The molecule has 1 fully saturated rings. The number of rotatable bonds is 5. The van der Waals surface area contributed by atoms with Crippen LogP contribution >= 0.6 is 11.8 Å². The lowest BCUT2D eigenvalue weighted by Gasteiger charge is -2.15. The first-order valence-electron chi connectivity index (χ1n) is 8.48. The molecule has 132 valence electrons. The minimum absolute atomic E-state index is 0.110. The smallest absolute Gasteiger partial charge is 0.247 e. The molecule has 26 heavy (non-hydrogen) atoms. The highest BCUT2D eigenvalue weighted by Gasteiger charge is 2.40. The quantitative estimate of drug-likeness (QED) is 0.757. The molecule has 3 rings (SSSR count). The van der Waals surface area contributed by atoms with Gasteiger partial charge in [0, 0.05) is 12.1 Å². The number of nitrogens with zero attached hydrogens (tertiary/aromatic N) is 3. The lowest BCUT2D eigenvalue weighted by molar-refractivity contribution is -0.121. The predicted octanol–water partition coefficient (Wildman–Crippen LogP) is 3.58. The van der Waals surface area contributed by atoms with Gasteiger partial charge in [0.2, 0.25) is 11.8 Å². The zero-order valence-corrected chi connectivity index (χ0v) is 15.5. The summed E-state index contributed by atoms with van der Waals surface area (Å²) in [7, 11) is 0. The maximum absolute atomic E-state index is 12.8. The Labute approximate surface area is 157 Å². The third kappa shape index (κ3) is 3.78. The van der Waals surface area contributed by atoms with Crippen molar-refractivity contribution in [2.24, 2.45) is 5.92 Å². The first-order valence-corrected chi connectivity index (χ1v) is 9.36. The molecule has 2 heterocycles. The second-order valence-corrected chi connectivity index (χ2v) is 7.77. The summed E-state index contributed by atoms with van der Waals surface area (Å²) in [4.78, 5) is 30.9. The molecule has 0 bridgehead atoms. The van der Waals surface area contributed by atoms with Crippen molar-refractivity contribution < 1.29 is 9.59 Å². The van der Waals surface area contributed by atoms with Gasteiger partial charge in [-0.3, -0.25) is 9.59 Å². The molecule has 0 saturated carbocycles. The number of hydrogen-bond acceptors (Lipinski definition) is 5. The zero-order chi connectivity index (χ0) is 18.7. The summed E-state index contributed by atoms with van der Waals surface area (Å²) in [6, 6.07) is 14.6. The normalized spacial score (nSPS) is 17.0. The Balaban J connectivity index is 1.84. The topological polar surface area (TPSA) is 74.1 Å². The van der Waals surface area contributed by atoms with Crippen LogP contribution in [0.5, 0.6) is 0 Å². The number of nitriles is 1. The lowest BCUT2D eigenvalue weighted by atomic mass is 10.1. The Kier molecular flexibility index (Phi) is 5.38. The number of benzene rings is 1. The number of carbonyl (C=O) groups is 2. The molecule has 2 amide bonds. The summed E-state index contributed by atoms with van der Waals surface area (Å²) >= 11 is 1.21. The number of hydrogen-bond donors (Lipinski definition) is 0. The summed E-state index contributed by atoms with van der Waals surface area (Å²) < 4.78 is 0. The van der Waals surface area contributed by atoms with Crippen LogP contribution in [0.1, 0.15) is 31.5 Å². The van der Waals surface area contributed by atoms with Gasteiger partial charge in [0.15, 0.2) is 0 Å². The summed E-state index contributed by atoms with van der Waals surface area (Å²) in [5.41, 5.74) is 1.90. The molecule has 1 atom stereocenters. The van der Waals surface area contributed by atoms with Crippen molar-refractivity contribution in [3.63, 3.8) is 0 Å². The highest BCUT2D eigenvalue weighted by atomic mass is 32.2. The number of para-hydroxylation sites is 1. The van der Waals surface area contributed by atoms with Crippen LogP contribution in [0.2, 0.25) is 0 Å². The highest BCUT2D eigenvalue weighted by Crippen LogP contribution is 2.34. The van der Waals surface area contributed by atoms with Gasteiger partial charge in [-0.1, -0.05) is 43.8 Å². The number of imide groups is 1. The standard InChI is InChI=1S/C20H19N3O2S/c1-13(2)10-15-9-8-14(12-21)19(22-15)26-17-11-18(24)23(20(17)25)16-6-4-3-5-7-16/h3-9,13,17H,10-11H2,1-2H3/t17-/m1/s1. The van der Waals surface area contributed by atoms with Crippen molar-refractivity contribution >= 4 is 29.3 Å². The maximum Gasteiger partial charge on any atom is 0.247 e. The van der Waals surface area contributed by atoms with E-state index in [9.17, 15) is 14.9 Å². The van der Waals surface area contributed by atoms with Gasteiger partial charge < -0.3 is 0 Å². The molecule has 0 N–H and O–H groups in total. The van der Waals surface area contributed by atoms with E-state index in [4.69, 9.17) is 0 Å². The SMILES string of the molecule is CC(C)Cc1ccc(C#N)c(S[C@@H]2CC(=O)N(c3ccccc3)C2=O)n1. The molecule has 2 aromatic rings. The minimum Gasteiger partial charge on any atom is -0.274 e. The van der Waals surface area contributed by atoms with Crippen LogP contribution in [0.15, 0.2) is 47.5 Å². The summed E-state index contributed by atoms with van der Waals surface area (Å²) in [5, 5.41) is 9.31. The lowest BCUT2D eigenvalue weighted by Crippen LogP contribution is -2.31. The number of pyridine rings is 1. The van der Waals surface area contributed by atoms with E-state index < -0.39 is 5.25 Å². The molecule has 1 saturated heterocycles. The van der Waals surface area contributed by atoms with Crippen molar-refractivity contribution in [1.82, 2.24) is 4.98 Å². The fraction of sp³-hybridized carbons (Fsp3) is 0.300. The van der Waals surface area contributed by atoms with Gasteiger partial charge in [0.25, 0.3) is 0 Å². The molecule has 1 aromatic heterocycles. The van der Waals surface area contributed by atoms with E-state index >= 15 is 0 Å². The Morgan fingerprint density at radius 3 is 2.62 bits per heavy atom. The first-order chi connectivity index (χ1) is 12.5. The molecular weight excluding hydrogens is 346 g/mol. The molecular formula is C20H19N3O2S. The van der Waals surface area contributed by atoms with Crippen LogP contribution < -0.4 is 4.90 Å². The predicted molar refractivity (Wildman–Crippen MR) is 101 cm³/mol. The van der Waals surface area contributed by atoms with Gasteiger partial charge in [-0.15, -0.1) is 0 Å². The molecule has 1 aromatic carbocycles. The van der Waals surface area contributed by atoms with E-state index in [1.165, 1.54) is 16.7 Å². The van der Waals surface area contributed by atoms with Gasteiger partial charge in [-0.05, 0) is 36.6 Å². The highest BCUT2D eigenvalue weighted by molar-refractivity contribution is 8.00. The Hall–Kier alpha value is -2.65. The largest absolute Gasteiger partial charge is 0.274 e. The molecule has 0 radical (unpaired) electrons. The number of aromatic nitrogens is 1. The van der Waals surface area contributed by atoms with Crippen LogP contribution in [-0.4, -0.2) is 22.0 Å². The van der Waals surface area contributed by atoms with E-state index in [-0.39, 0.29) is 18.2 Å². The molecule has 0 aliphatic carbocycles. The van der Waals surface area contributed by atoms with E-state index in [1.54, 1.807) is 30.3 Å². The van der Waals surface area contributed by atoms with Gasteiger partial charge in [0.1, 0.15) is 11.1 Å². The van der Waals surface area contributed by atoms with Crippen molar-refractivity contribution in [3.05, 3.63) is 53.7 Å². The third-order valence-electron chi connectivity index (χ3n) is 4.03. The molecule has 1 aliphatic rings. The van der Waals surface area contributed by atoms with Gasteiger partial charge >= 0.3 is 0 Å². The van der Waals surface area contributed by atoms with E-state index in [1.807, 2.05) is 12.1 Å². The summed E-state index contributed by atoms with van der Waals surface area (Å²) in [6.45, 7) is 4.20. The average molecular weight is 365 g/mol. The van der Waals surface area contributed by atoms with Crippen molar-refractivity contribution in [3.8, 4) is 6.07 Å². The zero-order valence-electron chi connectivity index (χ0n) is 14.7. The Morgan fingerprint density at radius 1 is 1.23 bits per heavy atom. The fourth-order valence-electron chi connectivity index (χ4n) is 2.86. The van der Waals surface area contributed by atoms with Crippen LogP contribution in [0.4, 0.5) is 5.69 Å². The van der Waals surface area contributed by atoms with E-state index in [2.05, 4.69) is 24.9 Å². The van der Waals surface area contributed by atoms with Crippen molar-refractivity contribution in [2.75, 3.05) is 4.90 Å². The molecule has 1 aliphatic heterocycles. The monoisotopic (exact) mass is 365 g/mol. The molecule has 0 unspecified atom stereocenters. The Bertz CT molecular complexity index is 874. The van der Waals surface area contributed by atoms with Crippen LogP contribution in [-0.2, 0) is 16.0 Å². The van der Waals surface area contributed by atoms with Crippen molar-refractivity contribution in [2.45, 2.75) is 37.0 Å². The number of anilines is 1. The van der Waals surface area contributed by atoms with Crippen LogP contribution in [0.3, 0.4) is 0 Å². The maximum atomic E-state index is 12.8.